The van der Waals surface area contributed by atoms with Crippen LogP contribution in [0.1, 0.15) is 19.4 Å². The molecule has 0 saturated heterocycles. The van der Waals surface area contributed by atoms with E-state index in [1.807, 2.05) is 0 Å². The average Bonchev–Trinajstić information content (AvgIpc) is 2.60. The maximum Gasteiger partial charge on any atom is 0.225 e. The van der Waals surface area contributed by atoms with Crippen molar-refractivity contribution in [3.63, 3.8) is 0 Å². The predicted octanol–water partition coefficient (Wildman–Crippen LogP) is 4.02. The van der Waals surface area contributed by atoms with Crippen molar-refractivity contribution < 1.29 is 8.91 Å². The number of anilines is 1. The Morgan fingerprint density at radius 3 is 2.78 bits per heavy atom. The van der Waals surface area contributed by atoms with E-state index in [1.54, 1.807) is 6.07 Å². The minimum atomic E-state index is -0.299. The molecule has 2 rings (SSSR count). The lowest BCUT2D eigenvalue weighted by Gasteiger charge is -2.06. The molecule has 5 heteroatoms. The molecule has 96 valence electrons. The van der Waals surface area contributed by atoms with Crippen LogP contribution in [-0.4, -0.2) is 5.16 Å². The number of aromatic nitrogens is 1. The first-order chi connectivity index (χ1) is 8.49. The summed E-state index contributed by atoms with van der Waals surface area (Å²) in [5.41, 5.74) is 8.12. The Morgan fingerprint density at radius 2 is 2.17 bits per heavy atom. The van der Waals surface area contributed by atoms with Crippen LogP contribution in [0, 0.1) is 11.7 Å². The zero-order valence-electron chi connectivity index (χ0n) is 10.2. The molecule has 0 amide bonds. The molecule has 0 aliphatic carbocycles. The van der Waals surface area contributed by atoms with Crippen LogP contribution in [0.2, 0.25) is 0 Å². The zero-order chi connectivity index (χ0) is 13.3. The zero-order valence-corrected chi connectivity index (χ0v) is 11.8. The Morgan fingerprint density at radius 1 is 1.44 bits per heavy atom. The molecule has 0 fully saturated rings. The van der Waals surface area contributed by atoms with Gasteiger partial charge in [-0.15, -0.1) is 0 Å². The second-order valence-electron chi connectivity index (χ2n) is 4.60. The maximum atomic E-state index is 13.1. The highest BCUT2D eigenvalue weighted by Crippen LogP contribution is 2.34. The van der Waals surface area contributed by atoms with Gasteiger partial charge in [-0.25, -0.2) is 4.39 Å². The number of nitrogens with two attached hydrogens (primary N) is 1. The van der Waals surface area contributed by atoms with E-state index in [9.17, 15) is 4.39 Å². The van der Waals surface area contributed by atoms with Gasteiger partial charge in [0, 0.05) is 15.6 Å². The lowest BCUT2D eigenvalue weighted by Crippen LogP contribution is -1.99. The summed E-state index contributed by atoms with van der Waals surface area (Å²) in [6, 6.07) is 4.46. The first-order valence-corrected chi connectivity index (χ1v) is 6.47. The number of hydrogen-bond donors (Lipinski definition) is 1. The molecule has 1 heterocycles. The molecule has 0 spiro atoms. The van der Waals surface area contributed by atoms with Crippen LogP contribution < -0.4 is 5.73 Å². The molecular formula is C13H14BrFN2O. The fourth-order valence-electron chi connectivity index (χ4n) is 1.82. The van der Waals surface area contributed by atoms with Crippen LogP contribution >= 0.6 is 15.9 Å². The fourth-order valence-corrected chi connectivity index (χ4v) is 2.36. The predicted molar refractivity (Wildman–Crippen MR) is 72.6 cm³/mol. The van der Waals surface area contributed by atoms with Crippen LogP contribution in [0.25, 0.3) is 11.3 Å². The van der Waals surface area contributed by atoms with Gasteiger partial charge in [0.05, 0.1) is 0 Å². The summed E-state index contributed by atoms with van der Waals surface area (Å²) in [6.45, 7) is 4.19. The summed E-state index contributed by atoms with van der Waals surface area (Å²) in [4.78, 5) is 0. The monoisotopic (exact) mass is 312 g/mol. The Bertz CT molecular complexity index is 566. The maximum absolute atomic E-state index is 13.1. The van der Waals surface area contributed by atoms with Crippen LogP contribution in [0.3, 0.4) is 0 Å². The van der Waals surface area contributed by atoms with E-state index in [0.29, 0.717) is 22.0 Å². The van der Waals surface area contributed by atoms with E-state index in [1.165, 1.54) is 12.1 Å². The highest BCUT2D eigenvalue weighted by atomic mass is 79.9. The summed E-state index contributed by atoms with van der Waals surface area (Å²) < 4.78 is 18.8. The quantitative estimate of drug-likeness (QED) is 0.931. The molecule has 0 saturated carbocycles. The van der Waals surface area contributed by atoms with Crippen molar-refractivity contribution in [2.45, 2.75) is 20.3 Å². The SMILES string of the molecule is CC(C)Cc1c(-c2ccc(F)cc2Br)noc1N. The van der Waals surface area contributed by atoms with Crippen molar-refractivity contribution in [1.29, 1.82) is 0 Å². The molecule has 1 aromatic carbocycles. The van der Waals surface area contributed by atoms with Crippen LogP contribution in [0.15, 0.2) is 27.2 Å². The van der Waals surface area contributed by atoms with E-state index < -0.39 is 0 Å². The fraction of sp³-hybridized carbons (Fsp3) is 0.308. The van der Waals surface area contributed by atoms with Crippen molar-refractivity contribution in [3.05, 3.63) is 34.1 Å². The normalized spacial score (nSPS) is 11.2. The van der Waals surface area contributed by atoms with Gasteiger partial charge in [-0.2, -0.15) is 0 Å². The molecule has 0 radical (unpaired) electrons. The lowest BCUT2D eigenvalue weighted by atomic mass is 9.99. The average molecular weight is 313 g/mol. The Hall–Kier alpha value is -1.36. The summed E-state index contributed by atoms with van der Waals surface area (Å²) in [5, 5.41) is 3.98. The van der Waals surface area contributed by atoms with Crippen molar-refractivity contribution >= 4 is 21.8 Å². The van der Waals surface area contributed by atoms with Crippen molar-refractivity contribution in [1.82, 2.24) is 5.16 Å². The van der Waals surface area contributed by atoms with Gasteiger partial charge in [0.15, 0.2) is 0 Å². The number of hydrogen-bond acceptors (Lipinski definition) is 3. The topological polar surface area (TPSA) is 52.0 Å². The Balaban J connectivity index is 2.50. The summed E-state index contributed by atoms with van der Waals surface area (Å²) >= 11 is 3.33. The number of benzene rings is 1. The highest BCUT2D eigenvalue weighted by molar-refractivity contribution is 9.10. The molecular weight excluding hydrogens is 299 g/mol. The minimum absolute atomic E-state index is 0.299. The smallest absolute Gasteiger partial charge is 0.225 e. The van der Waals surface area contributed by atoms with Gasteiger partial charge in [0.2, 0.25) is 5.88 Å². The molecule has 0 aliphatic heterocycles. The number of nitrogen functional groups attached to an aromatic ring is 1. The first kappa shape index (κ1) is 13.1. The third-order valence-corrected chi connectivity index (χ3v) is 3.27. The van der Waals surface area contributed by atoms with Crippen LogP contribution in [-0.2, 0) is 6.42 Å². The highest BCUT2D eigenvalue weighted by Gasteiger charge is 2.18. The molecule has 18 heavy (non-hydrogen) atoms. The van der Waals surface area contributed by atoms with Gasteiger partial charge in [-0.3, -0.25) is 0 Å². The van der Waals surface area contributed by atoms with E-state index in [0.717, 1.165) is 17.5 Å². The summed E-state index contributed by atoms with van der Waals surface area (Å²) in [5.74, 6) is 0.465. The van der Waals surface area contributed by atoms with E-state index in [2.05, 4.69) is 34.9 Å². The molecule has 0 atom stereocenters. The van der Waals surface area contributed by atoms with Gasteiger partial charge in [0.25, 0.3) is 0 Å². The molecule has 0 aliphatic rings. The first-order valence-electron chi connectivity index (χ1n) is 5.68. The van der Waals surface area contributed by atoms with Gasteiger partial charge < -0.3 is 10.3 Å². The van der Waals surface area contributed by atoms with E-state index in [4.69, 9.17) is 10.3 Å². The number of rotatable bonds is 3. The van der Waals surface area contributed by atoms with Crippen LogP contribution in [0.5, 0.6) is 0 Å². The van der Waals surface area contributed by atoms with E-state index >= 15 is 0 Å². The van der Waals surface area contributed by atoms with Gasteiger partial charge in [-0.1, -0.05) is 19.0 Å². The second kappa shape index (κ2) is 5.10. The number of nitrogens with zero attached hydrogens (tertiary/aromatic N) is 1. The Labute approximate surface area is 113 Å². The third-order valence-electron chi connectivity index (χ3n) is 2.62. The summed E-state index contributed by atoms with van der Waals surface area (Å²) in [7, 11) is 0. The largest absolute Gasteiger partial charge is 0.367 e. The van der Waals surface area contributed by atoms with Gasteiger partial charge >= 0.3 is 0 Å². The van der Waals surface area contributed by atoms with Crippen molar-refractivity contribution in [3.8, 4) is 11.3 Å². The second-order valence-corrected chi connectivity index (χ2v) is 5.45. The molecule has 0 unspecified atom stereocenters. The minimum Gasteiger partial charge on any atom is -0.367 e. The molecule has 2 aromatic rings. The summed E-state index contributed by atoms with van der Waals surface area (Å²) in [6.07, 6.45) is 0.772. The molecule has 2 N–H and O–H groups in total. The van der Waals surface area contributed by atoms with Gasteiger partial charge in [-0.05, 0) is 46.5 Å². The van der Waals surface area contributed by atoms with Crippen LogP contribution in [0.4, 0.5) is 10.3 Å². The van der Waals surface area contributed by atoms with Crippen molar-refractivity contribution in [2.24, 2.45) is 5.92 Å². The number of halogens is 2. The molecule has 0 bridgehead atoms. The standard InChI is InChI=1S/C13H14BrFN2O/c1-7(2)5-10-12(17-18-13(10)16)9-4-3-8(15)6-11(9)14/h3-4,6-7H,5,16H2,1-2H3. The third kappa shape index (κ3) is 2.56. The van der Waals surface area contributed by atoms with Crippen molar-refractivity contribution in [2.75, 3.05) is 5.73 Å². The Kier molecular flexibility index (Phi) is 3.71. The van der Waals surface area contributed by atoms with Gasteiger partial charge in [0.1, 0.15) is 11.5 Å². The van der Waals surface area contributed by atoms with E-state index in [-0.39, 0.29) is 5.82 Å². The molecule has 3 nitrogen and oxygen atoms in total. The molecule has 1 aromatic heterocycles. The lowest BCUT2D eigenvalue weighted by molar-refractivity contribution is 0.438.